The molecule has 2 aromatic rings. The Balaban J connectivity index is 2.44. The van der Waals surface area contributed by atoms with Crippen LogP contribution in [0.4, 0.5) is 5.69 Å². The maximum absolute atomic E-state index is 13.4. The number of nitrogens with one attached hydrogen (secondary N) is 1. The van der Waals surface area contributed by atoms with E-state index in [0.717, 1.165) is 39.8 Å². The van der Waals surface area contributed by atoms with E-state index in [0.29, 0.717) is 12.1 Å². The topological polar surface area (TPSA) is 75.7 Å². The number of amides is 1. The summed E-state index contributed by atoms with van der Waals surface area (Å²) in [5.41, 5.74) is 5.34. The van der Waals surface area contributed by atoms with Gasteiger partial charge in [-0.05, 0) is 86.1 Å². The van der Waals surface area contributed by atoms with Crippen molar-refractivity contribution in [1.82, 2.24) is 5.32 Å². The minimum absolute atomic E-state index is 0.260. The molecule has 0 heterocycles. The summed E-state index contributed by atoms with van der Waals surface area (Å²) in [5.74, 6) is 0.766. The maximum Gasteiger partial charge on any atom is 0.244 e. The number of benzene rings is 2. The lowest BCUT2D eigenvalue weighted by Gasteiger charge is -2.32. The van der Waals surface area contributed by atoms with Crippen molar-refractivity contribution in [3.8, 4) is 5.75 Å². The van der Waals surface area contributed by atoms with E-state index in [4.69, 9.17) is 4.74 Å². The summed E-state index contributed by atoms with van der Waals surface area (Å²) in [7, 11) is -2.04. The predicted octanol–water partition coefficient (Wildman–Crippen LogP) is 5.17. The lowest BCUT2D eigenvalue weighted by Crippen LogP contribution is -2.50. The van der Waals surface area contributed by atoms with Crippen LogP contribution >= 0.6 is 0 Å². The third-order valence-electron chi connectivity index (χ3n) is 6.00. The minimum Gasteiger partial charge on any atom is -0.496 e. The van der Waals surface area contributed by atoms with E-state index >= 15 is 0 Å². The molecule has 2 atom stereocenters. The average molecular weight is 475 g/mol. The Labute approximate surface area is 199 Å². The predicted molar refractivity (Wildman–Crippen MR) is 136 cm³/mol. The molecular weight excluding hydrogens is 436 g/mol. The lowest BCUT2D eigenvalue weighted by molar-refractivity contribution is -0.122. The molecular formula is C26H38N2O4S. The van der Waals surface area contributed by atoms with Gasteiger partial charge >= 0.3 is 0 Å². The first-order valence-corrected chi connectivity index (χ1v) is 13.2. The van der Waals surface area contributed by atoms with E-state index in [9.17, 15) is 13.2 Å². The molecule has 7 heteroatoms. The van der Waals surface area contributed by atoms with Crippen LogP contribution in [0.3, 0.4) is 0 Å². The number of rotatable bonds is 9. The molecule has 0 aliphatic rings. The van der Waals surface area contributed by atoms with Crippen LogP contribution in [0.2, 0.25) is 0 Å². The first-order chi connectivity index (χ1) is 15.3. The molecule has 0 saturated heterocycles. The van der Waals surface area contributed by atoms with Gasteiger partial charge in [0.25, 0.3) is 0 Å². The molecule has 0 aromatic heterocycles. The highest BCUT2D eigenvalue weighted by Gasteiger charge is 2.33. The first kappa shape index (κ1) is 26.7. The smallest absolute Gasteiger partial charge is 0.244 e. The van der Waals surface area contributed by atoms with Crippen LogP contribution in [0.15, 0.2) is 30.3 Å². The van der Waals surface area contributed by atoms with Crippen LogP contribution in [0.25, 0.3) is 0 Å². The Bertz CT molecular complexity index is 1110. The van der Waals surface area contributed by atoms with Crippen LogP contribution in [0.1, 0.15) is 73.9 Å². The van der Waals surface area contributed by atoms with Crippen LogP contribution in [0.5, 0.6) is 5.75 Å². The first-order valence-electron chi connectivity index (χ1n) is 11.4. The number of sulfonamides is 1. The van der Waals surface area contributed by atoms with E-state index in [1.807, 2.05) is 58.9 Å². The molecule has 0 fully saturated rings. The molecule has 33 heavy (non-hydrogen) atoms. The molecule has 0 unspecified atom stereocenters. The van der Waals surface area contributed by atoms with Gasteiger partial charge < -0.3 is 10.1 Å². The van der Waals surface area contributed by atoms with E-state index in [2.05, 4.69) is 25.2 Å². The molecule has 0 aliphatic carbocycles. The molecule has 1 amide bonds. The van der Waals surface area contributed by atoms with Gasteiger partial charge in [0.2, 0.25) is 15.9 Å². The summed E-state index contributed by atoms with van der Waals surface area (Å²) in [4.78, 5) is 13.4. The number of carbonyl (C=O) groups is 1. The Hall–Kier alpha value is -2.54. The summed E-state index contributed by atoms with van der Waals surface area (Å²) in [5, 5.41) is 3.06. The van der Waals surface area contributed by atoms with Crippen molar-refractivity contribution in [2.24, 2.45) is 0 Å². The zero-order valence-corrected chi connectivity index (χ0v) is 22.1. The SMILES string of the molecule is CC[C@@H](C(=O)N[C@H](C)c1cc(C(C)C)c(OC)cc1C)N(c1cc(C)ccc1C)S(C)(=O)=O. The standard InChI is InChI=1S/C26H38N2O4S/c1-10-23(28(33(9,30)31)24-13-17(4)11-12-18(24)5)26(29)27-20(7)22-15-21(16(2)3)25(32-8)14-19(22)6/h11-16,20,23H,10H2,1-9H3,(H,27,29)/t20-,23+/m1/s1. The number of ether oxygens (including phenoxy) is 1. The van der Waals surface area contributed by atoms with Gasteiger partial charge in [-0.3, -0.25) is 9.10 Å². The molecule has 2 rings (SSSR count). The molecule has 0 bridgehead atoms. The van der Waals surface area contributed by atoms with Gasteiger partial charge in [-0.2, -0.15) is 0 Å². The molecule has 1 N–H and O–H groups in total. The molecule has 0 aliphatic heterocycles. The second-order valence-corrected chi connectivity index (χ2v) is 11.0. The zero-order valence-electron chi connectivity index (χ0n) is 21.3. The number of nitrogens with zero attached hydrogens (tertiary/aromatic N) is 1. The number of anilines is 1. The monoisotopic (exact) mass is 474 g/mol. The second kappa shape index (κ2) is 10.6. The van der Waals surface area contributed by atoms with Gasteiger partial charge in [0.05, 0.1) is 25.1 Å². The number of hydrogen-bond acceptors (Lipinski definition) is 4. The fourth-order valence-electron chi connectivity index (χ4n) is 4.19. The Morgan fingerprint density at radius 3 is 2.18 bits per heavy atom. The number of aryl methyl sites for hydroxylation is 3. The Morgan fingerprint density at radius 1 is 1.03 bits per heavy atom. The van der Waals surface area contributed by atoms with Crippen molar-refractivity contribution in [2.45, 2.75) is 72.9 Å². The van der Waals surface area contributed by atoms with E-state index in [1.54, 1.807) is 7.11 Å². The van der Waals surface area contributed by atoms with Gasteiger partial charge in [-0.25, -0.2) is 8.42 Å². The molecule has 0 radical (unpaired) electrons. The van der Waals surface area contributed by atoms with Gasteiger partial charge in [0.15, 0.2) is 0 Å². The summed E-state index contributed by atoms with van der Waals surface area (Å²) < 4.78 is 32.5. The van der Waals surface area contributed by atoms with Gasteiger partial charge in [0.1, 0.15) is 11.8 Å². The Kier molecular flexibility index (Phi) is 8.57. The van der Waals surface area contributed by atoms with Crippen molar-refractivity contribution in [1.29, 1.82) is 0 Å². The summed E-state index contributed by atoms with van der Waals surface area (Å²) >= 11 is 0. The normalized spacial score (nSPS) is 13.5. The largest absolute Gasteiger partial charge is 0.496 e. The molecule has 6 nitrogen and oxygen atoms in total. The second-order valence-electron chi connectivity index (χ2n) is 9.11. The maximum atomic E-state index is 13.4. The number of methoxy groups -OCH3 is 1. The highest BCUT2D eigenvalue weighted by atomic mass is 32.2. The zero-order chi connectivity index (χ0) is 25.1. The third-order valence-corrected chi connectivity index (χ3v) is 7.16. The number of hydrogen-bond donors (Lipinski definition) is 1. The minimum atomic E-state index is -3.69. The highest BCUT2D eigenvalue weighted by Crippen LogP contribution is 2.33. The molecule has 182 valence electrons. The average Bonchev–Trinajstić information content (AvgIpc) is 2.72. The Morgan fingerprint density at radius 2 is 1.67 bits per heavy atom. The van der Waals surface area contributed by atoms with Gasteiger partial charge in [0, 0.05) is 0 Å². The number of carbonyl (C=O) groups excluding carboxylic acids is 1. The summed E-state index contributed by atoms with van der Waals surface area (Å²) in [6, 6.07) is 8.54. The lowest BCUT2D eigenvalue weighted by atomic mass is 9.93. The fraction of sp³-hybridized carbons (Fsp3) is 0.500. The van der Waals surface area contributed by atoms with Crippen LogP contribution in [0, 0.1) is 20.8 Å². The van der Waals surface area contributed by atoms with Gasteiger partial charge in [-0.1, -0.05) is 32.9 Å². The van der Waals surface area contributed by atoms with Crippen molar-refractivity contribution in [3.05, 3.63) is 58.1 Å². The third kappa shape index (κ3) is 6.08. The van der Waals surface area contributed by atoms with Crippen LogP contribution < -0.4 is 14.4 Å². The van der Waals surface area contributed by atoms with Crippen molar-refractivity contribution in [3.63, 3.8) is 0 Å². The van der Waals surface area contributed by atoms with E-state index in [1.165, 1.54) is 4.31 Å². The molecule has 0 saturated carbocycles. The quantitative estimate of drug-likeness (QED) is 0.544. The molecule has 2 aromatic carbocycles. The summed E-state index contributed by atoms with van der Waals surface area (Å²) in [6.45, 7) is 13.7. The summed E-state index contributed by atoms with van der Waals surface area (Å²) in [6.07, 6.45) is 1.49. The molecule has 0 spiro atoms. The van der Waals surface area contributed by atoms with Crippen LogP contribution in [-0.2, 0) is 14.8 Å². The van der Waals surface area contributed by atoms with Crippen molar-refractivity contribution < 1.29 is 17.9 Å². The van der Waals surface area contributed by atoms with Crippen molar-refractivity contribution >= 4 is 21.6 Å². The highest BCUT2D eigenvalue weighted by molar-refractivity contribution is 7.92. The van der Waals surface area contributed by atoms with E-state index < -0.39 is 16.1 Å². The van der Waals surface area contributed by atoms with E-state index in [-0.39, 0.29) is 17.9 Å². The fourth-order valence-corrected chi connectivity index (χ4v) is 5.45. The van der Waals surface area contributed by atoms with Crippen molar-refractivity contribution in [2.75, 3.05) is 17.7 Å². The van der Waals surface area contributed by atoms with Crippen LogP contribution in [-0.4, -0.2) is 33.7 Å². The van der Waals surface area contributed by atoms with Gasteiger partial charge in [-0.15, -0.1) is 0 Å².